The van der Waals surface area contributed by atoms with Crippen molar-refractivity contribution in [2.24, 2.45) is 0 Å². The average molecular weight is 274 g/mol. The van der Waals surface area contributed by atoms with Gasteiger partial charge in [0.2, 0.25) is 5.95 Å². The van der Waals surface area contributed by atoms with Gasteiger partial charge < -0.3 is 20.5 Å². The highest BCUT2D eigenvalue weighted by Crippen LogP contribution is 2.31. The van der Waals surface area contributed by atoms with Gasteiger partial charge in [0.15, 0.2) is 0 Å². The van der Waals surface area contributed by atoms with Crippen LogP contribution in [0, 0.1) is 0 Å². The van der Waals surface area contributed by atoms with Gasteiger partial charge in [-0.05, 0) is 26.0 Å². The summed E-state index contributed by atoms with van der Waals surface area (Å²) in [7, 11) is 0. The number of ether oxygens (including phenoxy) is 2. The Morgan fingerprint density at radius 3 is 2.45 bits per heavy atom. The van der Waals surface area contributed by atoms with Crippen molar-refractivity contribution >= 4 is 17.3 Å². The standard InChI is InChI=1S/C14H18N4O2/c1-3-19-11-5-6-13(20-4-2)12(7-11)18-14-16-8-10(15)9-17-14/h5-9H,3-4,15H2,1-2H3,(H,16,17,18). The van der Waals surface area contributed by atoms with Crippen molar-refractivity contribution in [2.45, 2.75) is 13.8 Å². The average Bonchev–Trinajstić information content (AvgIpc) is 2.45. The minimum Gasteiger partial charge on any atom is -0.494 e. The summed E-state index contributed by atoms with van der Waals surface area (Å²) in [6.45, 7) is 5.05. The third-order valence-corrected chi connectivity index (χ3v) is 2.48. The van der Waals surface area contributed by atoms with Gasteiger partial charge in [0.25, 0.3) is 0 Å². The second-order valence-electron chi connectivity index (χ2n) is 3.99. The molecule has 0 aliphatic rings. The van der Waals surface area contributed by atoms with Crippen LogP contribution < -0.4 is 20.5 Å². The van der Waals surface area contributed by atoms with E-state index in [0.29, 0.717) is 24.8 Å². The van der Waals surface area contributed by atoms with Gasteiger partial charge >= 0.3 is 0 Å². The summed E-state index contributed by atoms with van der Waals surface area (Å²) in [5.41, 5.74) is 6.83. The quantitative estimate of drug-likeness (QED) is 0.842. The molecule has 0 saturated heterocycles. The summed E-state index contributed by atoms with van der Waals surface area (Å²) in [6.07, 6.45) is 3.09. The van der Waals surface area contributed by atoms with Crippen molar-refractivity contribution in [1.82, 2.24) is 9.97 Å². The maximum atomic E-state index is 5.57. The highest BCUT2D eigenvalue weighted by Gasteiger charge is 2.07. The van der Waals surface area contributed by atoms with E-state index in [2.05, 4.69) is 15.3 Å². The number of hydrogen-bond acceptors (Lipinski definition) is 6. The fourth-order valence-corrected chi connectivity index (χ4v) is 1.67. The fourth-order valence-electron chi connectivity index (χ4n) is 1.67. The van der Waals surface area contributed by atoms with Crippen molar-refractivity contribution in [1.29, 1.82) is 0 Å². The third-order valence-electron chi connectivity index (χ3n) is 2.48. The minimum atomic E-state index is 0.453. The molecule has 20 heavy (non-hydrogen) atoms. The first-order chi connectivity index (χ1) is 9.72. The molecule has 106 valence electrons. The van der Waals surface area contributed by atoms with Gasteiger partial charge in [0.05, 0.1) is 37.0 Å². The summed E-state index contributed by atoms with van der Waals surface area (Å²) >= 11 is 0. The molecule has 1 heterocycles. The van der Waals surface area contributed by atoms with Crippen LogP contribution in [0.3, 0.4) is 0 Å². The van der Waals surface area contributed by atoms with Gasteiger partial charge in [-0.15, -0.1) is 0 Å². The lowest BCUT2D eigenvalue weighted by Gasteiger charge is -2.13. The molecule has 2 rings (SSSR count). The van der Waals surface area contributed by atoms with E-state index >= 15 is 0 Å². The first-order valence-corrected chi connectivity index (χ1v) is 6.47. The molecule has 0 spiro atoms. The molecule has 0 aliphatic heterocycles. The number of benzene rings is 1. The number of nitrogens with one attached hydrogen (secondary N) is 1. The number of hydrogen-bond donors (Lipinski definition) is 2. The molecule has 3 N–H and O–H groups in total. The van der Waals surface area contributed by atoms with Gasteiger partial charge in [-0.25, -0.2) is 9.97 Å². The van der Waals surface area contributed by atoms with Gasteiger partial charge in [0, 0.05) is 6.07 Å². The molecule has 0 atom stereocenters. The Kier molecular flexibility index (Phi) is 4.60. The van der Waals surface area contributed by atoms with E-state index in [1.165, 1.54) is 0 Å². The summed E-state index contributed by atoms with van der Waals surface area (Å²) in [6, 6.07) is 5.58. The molecule has 6 nitrogen and oxygen atoms in total. The molecule has 6 heteroatoms. The van der Waals surface area contributed by atoms with Crippen LogP contribution in [0.25, 0.3) is 0 Å². The Labute approximate surface area is 118 Å². The van der Waals surface area contributed by atoms with Crippen LogP contribution in [-0.4, -0.2) is 23.2 Å². The van der Waals surface area contributed by atoms with E-state index in [1.807, 2.05) is 32.0 Å². The molecule has 0 unspecified atom stereocenters. The Morgan fingerprint density at radius 2 is 1.80 bits per heavy atom. The Bertz CT molecular complexity index is 558. The lowest BCUT2D eigenvalue weighted by atomic mass is 10.2. The monoisotopic (exact) mass is 274 g/mol. The van der Waals surface area contributed by atoms with Gasteiger partial charge in [0.1, 0.15) is 11.5 Å². The SMILES string of the molecule is CCOc1ccc(OCC)c(Nc2ncc(N)cn2)c1. The van der Waals surface area contributed by atoms with Crippen LogP contribution in [0.2, 0.25) is 0 Å². The van der Waals surface area contributed by atoms with Gasteiger partial charge in [-0.2, -0.15) is 0 Å². The van der Waals surface area contributed by atoms with Crippen LogP contribution in [0.4, 0.5) is 17.3 Å². The van der Waals surface area contributed by atoms with Crippen LogP contribution in [-0.2, 0) is 0 Å². The van der Waals surface area contributed by atoms with E-state index < -0.39 is 0 Å². The fraction of sp³-hybridized carbons (Fsp3) is 0.286. The van der Waals surface area contributed by atoms with Crippen molar-refractivity contribution in [3.05, 3.63) is 30.6 Å². The summed E-state index contributed by atoms with van der Waals surface area (Å²) < 4.78 is 11.0. The molecule has 0 bridgehead atoms. The minimum absolute atomic E-state index is 0.453. The number of anilines is 3. The molecule has 2 aromatic rings. The molecule has 1 aromatic heterocycles. The molecular formula is C14H18N4O2. The Balaban J connectivity index is 2.26. The zero-order chi connectivity index (χ0) is 14.4. The smallest absolute Gasteiger partial charge is 0.227 e. The zero-order valence-corrected chi connectivity index (χ0v) is 11.6. The zero-order valence-electron chi connectivity index (χ0n) is 11.6. The molecule has 1 aromatic carbocycles. The lowest BCUT2D eigenvalue weighted by Crippen LogP contribution is -2.02. The van der Waals surface area contributed by atoms with E-state index in [1.54, 1.807) is 12.4 Å². The summed E-state index contributed by atoms with van der Waals surface area (Å²) in [4.78, 5) is 8.21. The Morgan fingerprint density at radius 1 is 1.10 bits per heavy atom. The normalized spacial score (nSPS) is 10.1. The van der Waals surface area contributed by atoms with Gasteiger partial charge in [-0.1, -0.05) is 0 Å². The number of aromatic nitrogens is 2. The number of rotatable bonds is 6. The highest BCUT2D eigenvalue weighted by atomic mass is 16.5. The van der Waals surface area contributed by atoms with E-state index in [-0.39, 0.29) is 0 Å². The predicted octanol–water partition coefficient (Wildman–Crippen LogP) is 2.60. The highest BCUT2D eigenvalue weighted by molar-refractivity contribution is 5.65. The first kappa shape index (κ1) is 13.9. The molecule has 0 amide bonds. The summed E-state index contributed by atoms with van der Waals surface area (Å²) in [5.74, 6) is 1.93. The number of nitrogens with zero attached hydrogens (tertiary/aromatic N) is 2. The van der Waals surface area contributed by atoms with Gasteiger partial charge in [-0.3, -0.25) is 0 Å². The maximum Gasteiger partial charge on any atom is 0.227 e. The second kappa shape index (κ2) is 6.60. The number of nitrogens with two attached hydrogens (primary N) is 1. The molecule has 0 fully saturated rings. The van der Waals surface area contributed by atoms with Crippen LogP contribution >= 0.6 is 0 Å². The van der Waals surface area contributed by atoms with Crippen molar-refractivity contribution in [2.75, 3.05) is 24.3 Å². The van der Waals surface area contributed by atoms with Crippen LogP contribution in [0.15, 0.2) is 30.6 Å². The molecular weight excluding hydrogens is 256 g/mol. The topological polar surface area (TPSA) is 82.3 Å². The largest absolute Gasteiger partial charge is 0.494 e. The van der Waals surface area contributed by atoms with Crippen molar-refractivity contribution in [3.63, 3.8) is 0 Å². The summed E-state index contributed by atoms with van der Waals surface area (Å²) in [5, 5.41) is 3.10. The molecule has 0 radical (unpaired) electrons. The molecule has 0 saturated carbocycles. The Hall–Kier alpha value is -2.50. The van der Waals surface area contributed by atoms with Crippen molar-refractivity contribution in [3.8, 4) is 11.5 Å². The second-order valence-corrected chi connectivity index (χ2v) is 3.99. The van der Waals surface area contributed by atoms with E-state index in [0.717, 1.165) is 17.2 Å². The maximum absolute atomic E-state index is 5.57. The van der Waals surface area contributed by atoms with Crippen LogP contribution in [0.5, 0.6) is 11.5 Å². The number of nitrogen functional groups attached to an aromatic ring is 1. The third kappa shape index (κ3) is 3.50. The lowest BCUT2D eigenvalue weighted by molar-refractivity contribution is 0.332. The van der Waals surface area contributed by atoms with E-state index in [9.17, 15) is 0 Å². The first-order valence-electron chi connectivity index (χ1n) is 6.47. The van der Waals surface area contributed by atoms with Crippen LogP contribution in [0.1, 0.15) is 13.8 Å². The van der Waals surface area contributed by atoms with Crippen molar-refractivity contribution < 1.29 is 9.47 Å². The molecule has 0 aliphatic carbocycles. The predicted molar refractivity (Wildman–Crippen MR) is 78.5 cm³/mol. The van der Waals surface area contributed by atoms with E-state index in [4.69, 9.17) is 15.2 Å².